The van der Waals surface area contributed by atoms with Crippen molar-refractivity contribution in [2.45, 2.75) is 32.9 Å². The Morgan fingerprint density at radius 1 is 1.10 bits per heavy atom. The van der Waals surface area contributed by atoms with E-state index in [1.54, 1.807) is 48.6 Å². The highest BCUT2D eigenvalue weighted by molar-refractivity contribution is 6.22. The van der Waals surface area contributed by atoms with Crippen LogP contribution in [0.25, 0.3) is 0 Å². The van der Waals surface area contributed by atoms with Gasteiger partial charge in [-0.05, 0) is 48.2 Å². The summed E-state index contributed by atoms with van der Waals surface area (Å²) in [5.41, 5.74) is 7.85. The SMILES string of the molecule is CC(C)C(N)CCN(C)C(=O)c1ccc2c(c1)C(=O)N(Cc1ccncc1)C2=O. The second-order valence-corrected chi connectivity index (χ2v) is 7.74. The van der Waals surface area contributed by atoms with Crippen molar-refractivity contribution in [3.8, 4) is 0 Å². The number of benzene rings is 1. The first-order chi connectivity index (χ1) is 13.8. The summed E-state index contributed by atoms with van der Waals surface area (Å²) in [6, 6.07) is 8.21. The Hall–Kier alpha value is -3.06. The van der Waals surface area contributed by atoms with Crippen molar-refractivity contribution in [1.82, 2.24) is 14.8 Å². The molecule has 1 atom stereocenters. The van der Waals surface area contributed by atoms with Gasteiger partial charge in [0.1, 0.15) is 0 Å². The van der Waals surface area contributed by atoms with Gasteiger partial charge in [-0.15, -0.1) is 0 Å². The maximum atomic E-state index is 12.8. The van der Waals surface area contributed by atoms with Crippen LogP contribution in [0.1, 0.15) is 56.9 Å². The second kappa shape index (κ2) is 8.53. The summed E-state index contributed by atoms with van der Waals surface area (Å²) in [7, 11) is 1.71. The predicted molar refractivity (Wildman–Crippen MR) is 109 cm³/mol. The number of rotatable bonds is 7. The summed E-state index contributed by atoms with van der Waals surface area (Å²) < 4.78 is 0. The molecule has 1 aromatic carbocycles. The van der Waals surface area contributed by atoms with E-state index in [1.165, 1.54) is 11.0 Å². The van der Waals surface area contributed by atoms with Gasteiger partial charge in [0.15, 0.2) is 0 Å². The highest BCUT2D eigenvalue weighted by atomic mass is 16.2. The summed E-state index contributed by atoms with van der Waals surface area (Å²) in [6.45, 7) is 4.79. The summed E-state index contributed by atoms with van der Waals surface area (Å²) >= 11 is 0. The summed E-state index contributed by atoms with van der Waals surface area (Å²) in [6.07, 6.45) is 3.93. The van der Waals surface area contributed by atoms with E-state index in [0.717, 1.165) is 5.56 Å². The van der Waals surface area contributed by atoms with Crippen LogP contribution >= 0.6 is 0 Å². The average Bonchev–Trinajstić information content (AvgIpc) is 2.96. The summed E-state index contributed by atoms with van der Waals surface area (Å²) in [5.74, 6) is -0.594. The van der Waals surface area contributed by atoms with Gasteiger partial charge in [-0.25, -0.2) is 0 Å². The maximum Gasteiger partial charge on any atom is 0.261 e. The molecule has 3 amide bonds. The molecule has 1 unspecified atom stereocenters. The monoisotopic (exact) mass is 394 g/mol. The number of imide groups is 1. The van der Waals surface area contributed by atoms with E-state index in [0.29, 0.717) is 30.0 Å². The minimum atomic E-state index is -0.388. The van der Waals surface area contributed by atoms with Crippen molar-refractivity contribution in [2.75, 3.05) is 13.6 Å². The molecule has 1 aliphatic heterocycles. The fourth-order valence-corrected chi connectivity index (χ4v) is 3.24. The molecule has 0 radical (unpaired) electrons. The van der Waals surface area contributed by atoms with E-state index < -0.39 is 0 Å². The van der Waals surface area contributed by atoms with E-state index in [9.17, 15) is 14.4 Å². The normalized spacial score (nSPS) is 14.3. The van der Waals surface area contributed by atoms with Crippen molar-refractivity contribution in [3.05, 3.63) is 65.0 Å². The number of pyridine rings is 1. The molecule has 152 valence electrons. The zero-order chi connectivity index (χ0) is 21.1. The Bertz CT molecular complexity index is 927. The molecule has 0 saturated carbocycles. The first-order valence-electron chi connectivity index (χ1n) is 9.69. The van der Waals surface area contributed by atoms with Gasteiger partial charge in [-0.2, -0.15) is 0 Å². The first-order valence-corrected chi connectivity index (χ1v) is 9.69. The summed E-state index contributed by atoms with van der Waals surface area (Å²) in [5, 5.41) is 0. The zero-order valence-corrected chi connectivity index (χ0v) is 17.0. The molecular formula is C22H26N4O3. The van der Waals surface area contributed by atoms with Crippen molar-refractivity contribution < 1.29 is 14.4 Å². The Balaban J connectivity index is 1.74. The van der Waals surface area contributed by atoms with Gasteiger partial charge in [0.05, 0.1) is 17.7 Å². The van der Waals surface area contributed by atoms with Gasteiger partial charge in [0.25, 0.3) is 17.7 Å². The molecule has 2 heterocycles. The number of amides is 3. The Labute approximate surface area is 170 Å². The van der Waals surface area contributed by atoms with Crippen molar-refractivity contribution >= 4 is 17.7 Å². The van der Waals surface area contributed by atoms with E-state index in [-0.39, 0.29) is 35.9 Å². The Morgan fingerprint density at radius 2 is 1.76 bits per heavy atom. The minimum absolute atomic E-state index is 0.0196. The van der Waals surface area contributed by atoms with Crippen LogP contribution in [-0.4, -0.2) is 52.1 Å². The van der Waals surface area contributed by atoms with Crippen LogP contribution in [0.5, 0.6) is 0 Å². The van der Waals surface area contributed by atoms with Gasteiger partial charge >= 0.3 is 0 Å². The Morgan fingerprint density at radius 3 is 2.41 bits per heavy atom. The van der Waals surface area contributed by atoms with Crippen LogP contribution in [0.15, 0.2) is 42.7 Å². The maximum absolute atomic E-state index is 12.8. The topological polar surface area (TPSA) is 96.6 Å². The third-order valence-corrected chi connectivity index (χ3v) is 5.31. The molecule has 2 N–H and O–H groups in total. The molecule has 1 aromatic heterocycles. The average molecular weight is 394 g/mol. The van der Waals surface area contributed by atoms with Crippen LogP contribution in [0.3, 0.4) is 0 Å². The van der Waals surface area contributed by atoms with Gasteiger partial charge in [-0.3, -0.25) is 24.3 Å². The van der Waals surface area contributed by atoms with Crippen molar-refractivity contribution in [3.63, 3.8) is 0 Å². The molecule has 0 bridgehead atoms. The smallest absolute Gasteiger partial charge is 0.261 e. The molecular weight excluding hydrogens is 368 g/mol. The lowest BCUT2D eigenvalue weighted by Crippen LogP contribution is -2.34. The van der Waals surface area contributed by atoms with E-state index in [4.69, 9.17) is 5.73 Å². The molecule has 0 spiro atoms. The quantitative estimate of drug-likeness (QED) is 0.727. The highest BCUT2D eigenvalue weighted by Gasteiger charge is 2.36. The first kappa shape index (κ1) is 20.7. The molecule has 7 heteroatoms. The number of aromatic nitrogens is 1. The zero-order valence-electron chi connectivity index (χ0n) is 17.0. The largest absolute Gasteiger partial charge is 0.342 e. The molecule has 0 fully saturated rings. The number of carbonyl (C=O) groups is 3. The second-order valence-electron chi connectivity index (χ2n) is 7.74. The van der Waals surface area contributed by atoms with Crippen molar-refractivity contribution in [2.24, 2.45) is 11.7 Å². The lowest BCUT2D eigenvalue weighted by molar-refractivity contribution is 0.0642. The third-order valence-electron chi connectivity index (χ3n) is 5.31. The van der Waals surface area contributed by atoms with Gasteiger partial charge in [0, 0.05) is 37.6 Å². The number of hydrogen-bond acceptors (Lipinski definition) is 5. The van der Waals surface area contributed by atoms with Crippen LogP contribution in [0.4, 0.5) is 0 Å². The number of nitrogens with two attached hydrogens (primary N) is 1. The minimum Gasteiger partial charge on any atom is -0.342 e. The molecule has 2 aromatic rings. The molecule has 0 aliphatic carbocycles. The molecule has 1 aliphatic rings. The fraction of sp³-hybridized carbons (Fsp3) is 0.364. The van der Waals surface area contributed by atoms with Crippen LogP contribution < -0.4 is 5.73 Å². The fourth-order valence-electron chi connectivity index (χ4n) is 3.24. The van der Waals surface area contributed by atoms with E-state index >= 15 is 0 Å². The summed E-state index contributed by atoms with van der Waals surface area (Å²) in [4.78, 5) is 44.9. The highest BCUT2D eigenvalue weighted by Crippen LogP contribution is 2.26. The van der Waals surface area contributed by atoms with Gasteiger partial charge in [-0.1, -0.05) is 13.8 Å². The van der Waals surface area contributed by atoms with Crippen LogP contribution in [0.2, 0.25) is 0 Å². The number of hydrogen-bond donors (Lipinski definition) is 1. The van der Waals surface area contributed by atoms with Crippen LogP contribution in [0, 0.1) is 5.92 Å². The number of carbonyl (C=O) groups excluding carboxylic acids is 3. The number of fused-ring (bicyclic) bond motifs is 1. The van der Waals surface area contributed by atoms with E-state index in [2.05, 4.69) is 4.98 Å². The van der Waals surface area contributed by atoms with Crippen LogP contribution in [-0.2, 0) is 6.54 Å². The molecule has 7 nitrogen and oxygen atoms in total. The molecule has 29 heavy (non-hydrogen) atoms. The lowest BCUT2D eigenvalue weighted by Gasteiger charge is -2.21. The lowest BCUT2D eigenvalue weighted by atomic mass is 10.0. The van der Waals surface area contributed by atoms with Gasteiger partial charge in [0.2, 0.25) is 0 Å². The Kier molecular flexibility index (Phi) is 6.08. The predicted octanol–water partition coefficient (Wildman–Crippen LogP) is 2.32. The molecule has 3 rings (SSSR count). The standard InChI is InChI=1S/C22H26N4O3/c1-14(2)19(23)8-11-25(3)20(27)16-4-5-17-18(12-16)22(29)26(21(17)28)13-15-6-9-24-10-7-15/h4-7,9-10,12,14,19H,8,11,13,23H2,1-3H3. The van der Waals surface area contributed by atoms with E-state index in [1.807, 2.05) is 13.8 Å². The third kappa shape index (κ3) is 4.35. The van der Waals surface area contributed by atoms with Gasteiger partial charge < -0.3 is 10.6 Å². The molecule has 0 saturated heterocycles. The number of nitrogens with zero attached hydrogens (tertiary/aromatic N) is 3. The van der Waals surface area contributed by atoms with Crippen molar-refractivity contribution in [1.29, 1.82) is 0 Å².